The molecule has 96 valence electrons. The maximum atomic E-state index is 13.6. The third-order valence-electron chi connectivity index (χ3n) is 2.57. The van der Waals surface area contributed by atoms with E-state index in [1.807, 2.05) is 12.1 Å². The number of hydrogen-bond acceptors (Lipinski definition) is 4. The zero-order valence-electron chi connectivity index (χ0n) is 10.4. The molecule has 0 spiro atoms. The molecule has 0 atom stereocenters. The van der Waals surface area contributed by atoms with Crippen LogP contribution in [0.3, 0.4) is 0 Å². The van der Waals surface area contributed by atoms with Crippen LogP contribution in [0.1, 0.15) is 11.1 Å². The van der Waals surface area contributed by atoms with E-state index in [1.165, 1.54) is 12.1 Å². The van der Waals surface area contributed by atoms with Crippen LogP contribution < -0.4 is 10.1 Å². The van der Waals surface area contributed by atoms with E-state index in [-0.39, 0.29) is 17.9 Å². The summed E-state index contributed by atoms with van der Waals surface area (Å²) in [5.41, 5.74) is 1.09. The van der Waals surface area contributed by atoms with Crippen LogP contribution in [0.5, 0.6) is 5.75 Å². The summed E-state index contributed by atoms with van der Waals surface area (Å²) < 4.78 is 19.0. The average Bonchev–Trinajstić information content (AvgIpc) is 2.46. The van der Waals surface area contributed by atoms with Crippen molar-refractivity contribution in [3.63, 3.8) is 0 Å². The maximum absolute atomic E-state index is 13.6. The summed E-state index contributed by atoms with van der Waals surface area (Å²) in [7, 11) is 1.76. The highest BCUT2D eigenvalue weighted by Gasteiger charge is 2.07. The predicted octanol–water partition coefficient (Wildman–Crippen LogP) is 2.71. The molecule has 0 radical (unpaired) electrons. The van der Waals surface area contributed by atoms with Crippen LogP contribution in [0.4, 0.5) is 10.2 Å². The summed E-state index contributed by atoms with van der Waals surface area (Å²) in [6.45, 7) is 0.201. The van der Waals surface area contributed by atoms with Gasteiger partial charge in [-0.15, -0.1) is 0 Å². The van der Waals surface area contributed by atoms with Gasteiger partial charge in [-0.2, -0.15) is 5.26 Å². The minimum absolute atomic E-state index is 0.116. The third-order valence-corrected chi connectivity index (χ3v) is 2.57. The molecule has 0 aliphatic rings. The zero-order chi connectivity index (χ0) is 13.7. The largest absolute Gasteiger partial charge is 0.486 e. The van der Waals surface area contributed by atoms with Gasteiger partial charge in [0.15, 0.2) is 11.6 Å². The second-order valence-electron chi connectivity index (χ2n) is 3.81. The van der Waals surface area contributed by atoms with Gasteiger partial charge in [0.05, 0.1) is 11.6 Å². The summed E-state index contributed by atoms with van der Waals surface area (Å²) >= 11 is 0. The van der Waals surface area contributed by atoms with E-state index < -0.39 is 5.82 Å². The van der Waals surface area contributed by atoms with Crippen molar-refractivity contribution in [2.24, 2.45) is 0 Å². The Morgan fingerprint density at radius 3 is 2.95 bits per heavy atom. The van der Waals surface area contributed by atoms with E-state index in [4.69, 9.17) is 10.00 Å². The van der Waals surface area contributed by atoms with Crippen molar-refractivity contribution in [2.45, 2.75) is 6.61 Å². The molecule has 19 heavy (non-hydrogen) atoms. The first-order chi connectivity index (χ1) is 9.24. The van der Waals surface area contributed by atoms with E-state index in [9.17, 15) is 4.39 Å². The first kappa shape index (κ1) is 12.8. The maximum Gasteiger partial charge on any atom is 0.166 e. The van der Waals surface area contributed by atoms with Gasteiger partial charge in [0.25, 0.3) is 0 Å². The molecule has 0 saturated carbocycles. The number of benzene rings is 1. The molecule has 1 heterocycles. The predicted molar refractivity (Wildman–Crippen MR) is 69.2 cm³/mol. The van der Waals surface area contributed by atoms with Crippen molar-refractivity contribution in [2.75, 3.05) is 12.4 Å². The lowest BCUT2D eigenvalue weighted by Crippen LogP contribution is -2.03. The standard InChI is InChI=1S/C14H12FN3O/c1-17-14-11(3-2-6-18-14)9-19-13-5-4-10(8-16)7-12(13)15/h2-7H,9H2,1H3,(H,17,18). The van der Waals surface area contributed by atoms with Crippen LogP contribution in [-0.2, 0) is 6.61 Å². The van der Waals surface area contributed by atoms with Crippen molar-refractivity contribution < 1.29 is 9.13 Å². The second-order valence-corrected chi connectivity index (χ2v) is 3.81. The molecule has 1 aromatic carbocycles. The Morgan fingerprint density at radius 2 is 2.26 bits per heavy atom. The molecule has 0 unspecified atom stereocenters. The van der Waals surface area contributed by atoms with Gasteiger partial charge in [0, 0.05) is 18.8 Å². The van der Waals surface area contributed by atoms with Gasteiger partial charge in [-0.25, -0.2) is 9.37 Å². The molecule has 5 heteroatoms. The fourth-order valence-corrected chi connectivity index (χ4v) is 1.62. The van der Waals surface area contributed by atoms with E-state index in [1.54, 1.807) is 19.3 Å². The minimum atomic E-state index is -0.547. The van der Waals surface area contributed by atoms with Gasteiger partial charge >= 0.3 is 0 Å². The van der Waals surface area contributed by atoms with Crippen molar-refractivity contribution in [1.82, 2.24) is 4.98 Å². The number of hydrogen-bond donors (Lipinski definition) is 1. The Morgan fingerprint density at radius 1 is 1.42 bits per heavy atom. The molecular formula is C14H12FN3O. The highest BCUT2D eigenvalue weighted by Crippen LogP contribution is 2.20. The van der Waals surface area contributed by atoms with Gasteiger partial charge in [-0.1, -0.05) is 6.07 Å². The third kappa shape index (κ3) is 2.99. The zero-order valence-corrected chi connectivity index (χ0v) is 10.4. The highest BCUT2D eigenvalue weighted by atomic mass is 19.1. The highest BCUT2D eigenvalue weighted by molar-refractivity contribution is 5.43. The Kier molecular flexibility index (Phi) is 3.94. The summed E-state index contributed by atoms with van der Waals surface area (Å²) in [5.74, 6) is 0.260. The van der Waals surface area contributed by atoms with E-state index in [0.29, 0.717) is 5.82 Å². The van der Waals surface area contributed by atoms with Crippen LogP contribution in [0.2, 0.25) is 0 Å². The molecule has 0 bridgehead atoms. The van der Waals surface area contributed by atoms with Crippen molar-refractivity contribution in [3.8, 4) is 11.8 Å². The van der Waals surface area contributed by atoms with Crippen molar-refractivity contribution in [3.05, 3.63) is 53.5 Å². The average molecular weight is 257 g/mol. The van der Waals surface area contributed by atoms with Gasteiger partial charge in [0.1, 0.15) is 12.4 Å². The van der Waals surface area contributed by atoms with Gasteiger partial charge in [-0.05, 0) is 24.3 Å². The lowest BCUT2D eigenvalue weighted by atomic mass is 10.2. The monoisotopic (exact) mass is 257 g/mol. The molecule has 0 amide bonds. The minimum Gasteiger partial charge on any atom is -0.486 e. The number of nitrogens with one attached hydrogen (secondary N) is 1. The Balaban J connectivity index is 2.13. The molecular weight excluding hydrogens is 245 g/mol. The molecule has 0 saturated heterocycles. The van der Waals surface area contributed by atoms with Crippen LogP contribution >= 0.6 is 0 Å². The molecule has 1 N–H and O–H groups in total. The number of aromatic nitrogens is 1. The number of ether oxygens (including phenoxy) is 1. The first-order valence-electron chi connectivity index (χ1n) is 5.68. The summed E-state index contributed by atoms with van der Waals surface area (Å²) in [6, 6.07) is 9.62. The smallest absolute Gasteiger partial charge is 0.166 e. The number of rotatable bonds is 4. The molecule has 0 fully saturated rings. The number of halogens is 1. The van der Waals surface area contributed by atoms with Crippen LogP contribution in [0.25, 0.3) is 0 Å². The fraction of sp³-hybridized carbons (Fsp3) is 0.143. The van der Waals surface area contributed by atoms with E-state index in [0.717, 1.165) is 11.6 Å². The van der Waals surface area contributed by atoms with E-state index >= 15 is 0 Å². The Labute approximate surface area is 110 Å². The summed E-state index contributed by atoms with van der Waals surface area (Å²) in [4.78, 5) is 4.13. The Hall–Kier alpha value is -2.61. The van der Waals surface area contributed by atoms with Gasteiger partial charge in [-0.3, -0.25) is 0 Å². The summed E-state index contributed by atoms with van der Waals surface area (Å²) in [6.07, 6.45) is 1.66. The molecule has 0 aliphatic carbocycles. The summed E-state index contributed by atoms with van der Waals surface area (Å²) in [5, 5.41) is 11.6. The number of nitrogens with zero attached hydrogens (tertiary/aromatic N) is 2. The first-order valence-corrected chi connectivity index (χ1v) is 5.68. The molecule has 0 aliphatic heterocycles. The van der Waals surface area contributed by atoms with Gasteiger partial charge < -0.3 is 10.1 Å². The molecule has 1 aromatic heterocycles. The van der Waals surface area contributed by atoms with Gasteiger partial charge in [0.2, 0.25) is 0 Å². The normalized spacial score (nSPS) is 9.74. The fourth-order valence-electron chi connectivity index (χ4n) is 1.62. The number of pyridine rings is 1. The lowest BCUT2D eigenvalue weighted by Gasteiger charge is -2.10. The van der Waals surface area contributed by atoms with Crippen LogP contribution in [-0.4, -0.2) is 12.0 Å². The van der Waals surface area contributed by atoms with Crippen molar-refractivity contribution in [1.29, 1.82) is 5.26 Å². The molecule has 2 rings (SSSR count). The number of anilines is 1. The topological polar surface area (TPSA) is 57.9 Å². The molecule has 4 nitrogen and oxygen atoms in total. The second kappa shape index (κ2) is 5.83. The SMILES string of the molecule is CNc1ncccc1COc1ccc(C#N)cc1F. The number of nitriles is 1. The van der Waals surface area contributed by atoms with Crippen molar-refractivity contribution >= 4 is 5.82 Å². The molecule has 2 aromatic rings. The lowest BCUT2D eigenvalue weighted by molar-refractivity contribution is 0.290. The Bertz CT molecular complexity index is 622. The van der Waals surface area contributed by atoms with E-state index in [2.05, 4.69) is 10.3 Å². The van der Waals surface area contributed by atoms with Crippen LogP contribution in [0.15, 0.2) is 36.5 Å². The van der Waals surface area contributed by atoms with Crippen LogP contribution in [0, 0.1) is 17.1 Å². The quantitative estimate of drug-likeness (QED) is 0.914.